The normalized spacial score (nSPS) is 10.6. The zero-order valence-corrected chi connectivity index (χ0v) is 13.2. The molecule has 0 aliphatic rings. The van der Waals surface area contributed by atoms with Gasteiger partial charge >= 0.3 is 0 Å². The van der Waals surface area contributed by atoms with Crippen LogP contribution in [0.1, 0.15) is 11.1 Å². The Morgan fingerprint density at radius 2 is 1.86 bits per heavy atom. The van der Waals surface area contributed by atoms with Gasteiger partial charge in [0, 0.05) is 28.7 Å². The predicted molar refractivity (Wildman–Crippen MR) is 94.6 cm³/mol. The lowest BCUT2D eigenvalue weighted by Crippen LogP contribution is -2.27. The molecule has 0 saturated carbocycles. The molecule has 0 bridgehead atoms. The second kappa shape index (κ2) is 6.30. The van der Waals surface area contributed by atoms with E-state index in [1.807, 2.05) is 42.5 Å². The molecule has 3 rings (SSSR count). The Hall–Kier alpha value is -2.17. The van der Waals surface area contributed by atoms with Crippen molar-refractivity contribution in [3.05, 3.63) is 81.1 Å². The molecule has 5 heteroatoms. The minimum atomic E-state index is -0.0667. The summed E-state index contributed by atoms with van der Waals surface area (Å²) in [5, 5.41) is 4.44. The Labute approximate surface area is 137 Å². The van der Waals surface area contributed by atoms with Gasteiger partial charge < -0.3 is 10.3 Å². The smallest absolute Gasteiger partial charge is 0.199 e. The molecule has 0 atom stereocenters. The lowest BCUT2D eigenvalue weighted by Gasteiger charge is -2.08. The number of hydrogen-bond donors (Lipinski definition) is 2. The van der Waals surface area contributed by atoms with Crippen molar-refractivity contribution in [3.8, 4) is 0 Å². The highest BCUT2D eigenvalue weighted by Gasteiger charge is 2.09. The molecular formula is C17H13ClN2OS. The molecule has 0 aliphatic carbocycles. The van der Waals surface area contributed by atoms with E-state index in [0.717, 1.165) is 11.1 Å². The van der Waals surface area contributed by atoms with E-state index in [4.69, 9.17) is 23.8 Å². The number of halogens is 1. The maximum absolute atomic E-state index is 12.5. The molecule has 0 saturated heterocycles. The van der Waals surface area contributed by atoms with Crippen LogP contribution in [-0.2, 0) is 6.54 Å². The summed E-state index contributed by atoms with van der Waals surface area (Å²) in [6.07, 6.45) is 1.65. The van der Waals surface area contributed by atoms with Crippen LogP contribution >= 0.6 is 23.8 Å². The molecule has 0 aliphatic heterocycles. The number of thiocarbonyl (C=S) groups is 1. The monoisotopic (exact) mass is 328 g/mol. The molecule has 0 unspecified atom stereocenters. The predicted octanol–water partition coefficient (Wildman–Crippen LogP) is 3.65. The van der Waals surface area contributed by atoms with Crippen LogP contribution in [0.4, 0.5) is 0 Å². The summed E-state index contributed by atoms with van der Waals surface area (Å²) in [4.78, 5) is 16.0. The molecule has 0 spiro atoms. The van der Waals surface area contributed by atoms with Crippen molar-refractivity contribution in [2.75, 3.05) is 0 Å². The molecule has 1 aromatic heterocycles. The summed E-state index contributed by atoms with van der Waals surface area (Å²) in [6, 6.07) is 14.9. The van der Waals surface area contributed by atoms with Gasteiger partial charge in [0.2, 0.25) is 0 Å². The molecule has 110 valence electrons. The number of aromatic amines is 1. The van der Waals surface area contributed by atoms with Gasteiger partial charge in [-0.2, -0.15) is 0 Å². The minimum absolute atomic E-state index is 0.0667. The number of benzene rings is 2. The number of para-hydroxylation sites is 1. The molecule has 0 amide bonds. The fourth-order valence-electron chi connectivity index (χ4n) is 2.22. The molecule has 3 nitrogen and oxygen atoms in total. The Bertz CT molecular complexity index is 887. The van der Waals surface area contributed by atoms with Gasteiger partial charge in [0.25, 0.3) is 0 Å². The summed E-state index contributed by atoms with van der Waals surface area (Å²) in [6.45, 7) is 0.544. The van der Waals surface area contributed by atoms with Crippen molar-refractivity contribution in [3.63, 3.8) is 0 Å². The topological polar surface area (TPSA) is 44.9 Å². The van der Waals surface area contributed by atoms with Crippen LogP contribution in [0.25, 0.3) is 10.9 Å². The maximum atomic E-state index is 12.5. The molecule has 1 heterocycles. The zero-order valence-electron chi connectivity index (χ0n) is 11.6. The van der Waals surface area contributed by atoms with Crippen LogP contribution < -0.4 is 10.7 Å². The van der Waals surface area contributed by atoms with Crippen LogP contribution in [0.5, 0.6) is 0 Å². The van der Waals surface area contributed by atoms with Crippen molar-refractivity contribution in [2.24, 2.45) is 0 Å². The van der Waals surface area contributed by atoms with Gasteiger partial charge in [-0.1, -0.05) is 48.1 Å². The van der Waals surface area contributed by atoms with E-state index in [9.17, 15) is 4.79 Å². The highest BCUT2D eigenvalue weighted by molar-refractivity contribution is 7.80. The van der Waals surface area contributed by atoms with E-state index >= 15 is 0 Å². The first-order chi connectivity index (χ1) is 10.6. The van der Waals surface area contributed by atoms with Gasteiger partial charge in [-0.05, 0) is 29.8 Å². The Balaban J connectivity index is 1.82. The lowest BCUT2D eigenvalue weighted by atomic mass is 10.1. The summed E-state index contributed by atoms with van der Waals surface area (Å²) >= 11 is 11.2. The lowest BCUT2D eigenvalue weighted by molar-refractivity contribution is 0.927. The van der Waals surface area contributed by atoms with E-state index < -0.39 is 0 Å². The molecule has 22 heavy (non-hydrogen) atoms. The van der Waals surface area contributed by atoms with Gasteiger partial charge in [0.05, 0.1) is 5.56 Å². The van der Waals surface area contributed by atoms with E-state index in [1.54, 1.807) is 12.3 Å². The highest BCUT2D eigenvalue weighted by atomic mass is 35.5. The number of pyridine rings is 1. The molecule has 0 fully saturated rings. The summed E-state index contributed by atoms with van der Waals surface area (Å²) in [5.41, 5.74) is 2.26. The van der Waals surface area contributed by atoms with Crippen molar-refractivity contribution >= 4 is 39.7 Å². The molecule has 2 N–H and O–H groups in total. The third kappa shape index (κ3) is 3.03. The Kier molecular flexibility index (Phi) is 4.22. The van der Waals surface area contributed by atoms with Gasteiger partial charge in [0.1, 0.15) is 4.99 Å². The molecule has 0 radical (unpaired) electrons. The fraction of sp³-hybridized carbons (Fsp3) is 0.0588. The average Bonchev–Trinajstić information content (AvgIpc) is 2.55. The van der Waals surface area contributed by atoms with E-state index in [2.05, 4.69) is 10.3 Å². The van der Waals surface area contributed by atoms with Crippen molar-refractivity contribution in [1.82, 2.24) is 10.3 Å². The van der Waals surface area contributed by atoms with Gasteiger partial charge in [0.15, 0.2) is 5.43 Å². The first kappa shape index (κ1) is 14.8. The van der Waals surface area contributed by atoms with Crippen LogP contribution in [0.2, 0.25) is 5.02 Å². The van der Waals surface area contributed by atoms with Gasteiger partial charge in [-0.15, -0.1) is 0 Å². The summed E-state index contributed by atoms with van der Waals surface area (Å²) < 4.78 is 0. The molecule has 3 aromatic rings. The Morgan fingerprint density at radius 1 is 1.14 bits per heavy atom. The largest absolute Gasteiger partial charge is 0.372 e. The SMILES string of the molecule is O=c1c(C(=S)NCc2ccc(Cl)cc2)c[nH]c2ccccc12. The quantitative estimate of drug-likeness (QED) is 0.721. The number of hydrogen-bond acceptors (Lipinski definition) is 2. The van der Waals surface area contributed by atoms with Crippen molar-refractivity contribution in [2.45, 2.75) is 6.54 Å². The van der Waals surface area contributed by atoms with Crippen LogP contribution in [0, 0.1) is 0 Å². The highest BCUT2D eigenvalue weighted by Crippen LogP contribution is 2.10. The van der Waals surface area contributed by atoms with E-state index in [1.165, 1.54) is 0 Å². The number of nitrogens with one attached hydrogen (secondary N) is 2. The first-order valence-corrected chi connectivity index (χ1v) is 7.57. The van der Waals surface area contributed by atoms with Crippen LogP contribution in [0.3, 0.4) is 0 Å². The van der Waals surface area contributed by atoms with E-state index in [0.29, 0.717) is 27.5 Å². The molecular weight excluding hydrogens is 316 g/mol. The van der Waals surface area contributed by atoms with Gasteiger partial charge in [-0.3, -0.25) is 4.79 Å². The number of fused-ring (bicyclic) bond motifs is 1. The van der Waals surface area contributed by atoms with Crippen molar-refractivity contribution in [1.29, 1.82) is 0 Å². The summed E-state index contributed by atoms with van der Waals surface area (Å²) in [5.74, 6) is 0. The second-order valence-electron chi connectivity index (χ2n) is 4.89. The zero-order chi connectivity index (χ0) is 15.5. The number of aromatic nitrogens is 1. The first-order valence-electron chi connectivity index (χ1n) is 6.78. The van der Waals surface area contributed by atoms with E-state index in [-0.39, 0.29) is 5.43 Å². The average molecular weight is 329 g/mol. The maximum Gasteiger partial charge on any atom is 0.199 e. The molecule has 2 aromatic carbocycles. The van der Waals surface area contributed by atoms with Crippen molar-refractivity contribution < 1.29 is 0 Å². The number of H-pyrrole nitrogens is 1. The third-order valence-electron chi connectivity index (χ3n) is 3.40. The second-order valence-corrected chi connectivity index (χ2v) is 5.73. The third-order valence-corrected chi connectivity index (χ3v) is 4.02. The summed E-state index contributed by atoms with van der Waals surface area (Å²) in [7, 11) is 0. The minimum Gasteiger partial charge on any atom is -0.372 e. The van der Waals surface area contributed by atoms with Gasteiger partial charge in [-0.25, -0.2) is 0 Å². The van der Waals surface area contributed by atoms with Crippen LogP contribution in [-0.4, -0.2) is 9.97 Å². The standard InChI is InChI=1S/C17H13ClN2OS/c18-12-7-5-11(6-8-12)9-20-17(22)14-10-19-15-4-2-1-3-13(15)16(14)21/h1-8,10H,9H2,(H,19,21)(H,20,22). The number of rotatable bonds is 3. The Morgan fingerprint density at radius 3 is 2.64 bits per heavy atom. The fourth-order valence-corrected chi connectivity index (χ4v) is 2.57. The van der Waals surface area contributed by atoms with Crippen LogP contribution in [0.15, 0.2) is 59.5 Å².